The first-order chi connectivity index (χ1) is 64.4. The largest absolute Gasteiger partial charge is 0.391 e. The fraction of sp³-hybridized carbons (Fsp3) is 0.485. The molecule has 0 bridgehead atoms. The molecule has 0 aromatic heterocycles. The van der Waals surface area contributed by atoms with Gasteiger partial charge in [-0.1, -0.05) is 138 Å². The summed E-state index contributed by atoms with van der Waals surface area (Å²) in [6.45, 7) is 9.47. The number of carbonyl (C=O) groups is 11. The number of unbranched alkanes of at least 4 members (excludes halogenated alkanes) is 1. The number of amides is 11. The van der Waals surface area contributed by atoms with E-state index in [1.54, 1.807) is 61.4 Å². The van der Waals surface area contributed by atoms with Gasteiger partial charge < -0.3 is 93.2 Å². The predicted molar refractivity (Wildman–Crippen MR) is 537 cm³/mol. The molecule has 0 spiro atoms. The Morgan fingerprint density at radius 2 is 0.770 bits per heavy atom. The number of anilines is 5. The van der Waals surface area contributed by atoms with E-state index in [2.05, 4.69) is 97.3 Å². The minimum Gasteiger partial charge on any atom is -0.391 e. The van der Waals surface area contributed by atoms with Crippen LogP contribution in [0.25, 0.3) is 0 Å². The van der Waals surface area contributed by atoms with Crippen LogP contribution in [0.2, 0.25) is 0 Å². The van der Waals surface area contributed by atoms with Gasteiger partial charge in [0.1, 0.15) is 60.4 Å². The number of nitrogens with zero attached hydrogens (tertiary/aromatic N) is 10. The smallest absolute Gasteiger partial charge is 0.245 e. The third kappa shape index (κ3) is 38.3. The summed E-state index contributed by atoms with van der Waals surface area (Å²) in [6.07, 6.45) is 6.32. The minimum absolute atomic E-state index is 0.00298. The summed E-state index contributed by atoms with van der Waals surface area (Å²) in [5.74, 6) is -9.68. The Labute approximate surface area is 795 Å². The van der Waals surface area contributed by atoms with Gasteiger partial charge in [-0.3, -0.25) is 77.7 Å². The second-order valence-corrected chi connectivity index (χ2v) is 35.7. The fourth-order valence-electron chi connectivity index (χ4n) is 14.4. The molecule has 1 unspecified atom stereocenters. The Kier molecular flexibility index (Phi) is 45.7. The lowest BCUT2D eigenvalue weighted by atomic mass is 10.00. The van der Waals surface area contributed by atoms with Crippen molar-refractivity contribution in [3.8, 4) is 0 Å². The number of aliphatic imine (C=N–C) groups is 5. The molecule has 730 valence electrons. The molecule has 0 saturated carbocycles. The van der Waals surface area contributed by atoms with E-state index in [9.17, 15) is 24.6 Å². The van der Waals surface area contributed by atoms with Gasteiger partial charge in [0, 0.05) is 182 Å². The van der Waals surface area contributed by atoms with Gasteiger partial charge in [-0.05, 0) is 171 Å². The summed E-state index contributed by atoms with van der Waals surface area (Å²) in [5, 5.41) is 53.5. The van der Waals surface area contributed by atoms with Crippen LogP contribution in [0.5, 0.6) is 0 Å². The van der Waals surface area contributed by atoms with Crippen molar-refractivity contribution in [2.45, 2.75) is 198 Å². The van der Waals surface area contributed by atoms with E-state index in [1.165, 1.54) is 13.8 Å². The average molecular weight is 1860 g/mol. The number of aliphatic hydroxyl groups is 2. The predicted octanol–water partition coefficient (Wildman–Crippen LogP) is 5.89. The maximum atomic E-state index is 15.8. The number of carbonyl (C=O) groups excluding carboxylic acids is 11. The van der Waals surface area contributed by atoms with Crippen LogP contribution in [0, 0.1) is 11.8 Å². The van der Waals surface area contributed by atoms with E-state index >= 15 is 38.4 Å². The first kappa shape index (κ1) is 109. The van der Waals surface area contributed by atoms with Gasteiger partial charge in [-0.15, -0.1) is 0 Å². The molecule has 1 heterocycles. The fourth-order valence-corrected chi connectivity index (χ4v) is 14.4. The number of aliphatic hydroxyl groups excluding tert-OH is 2. The summed E-state index contributed by atoms with van der Waals surface area (Å²) in [5.41, 5.74) is 8.84. The molecule has 1 aliphatic rings. The third-order valence-electron chi connectivity index (χ3n) is 23.0. The number of nitrogens with one attached hydrogen (secondary N) is 11. The van der Waals surface area contributed by atoms with Crippen LogP contribution < -0.4 is 83.0 Å². The van der Waals surface area contributed by atoms with Gasteiger partial charge in [-0.25, -0.2) is 0 Å². The van der Waals surface area contributed by atoms with Crippen molar-refractivity contribution in [2.24, 2.45) is 36.8 Å². The maximum absolute atomic E-state index is 15.8. The van der Waals surface area contributed by atoms with Crippen LogP contribution in [0.1, 0.15) is 152 Å². The van der Waals surface area contributed by atoms with Crippen LogP contribution in [-0.4, -0.2) is 289 Å². The SMILES string of the molecule is CCC(C)CCCCC(=O)N[C@@H](CCN=Cc1ccc(N(C)C)cc1)C(=O)N[C@@H](C(=O)N[C@@H](CCN=Cc1ccc(N(C)C)cc1)C(=O)N[C@H]1CCNC(=O)[C@@H]([C@@H](C)O)NC(=O)[C@H](CCN=Cc2ccc(N(C)C)cc2)NC(=O)[C@H](CCN=Cc2ccc(N(C)C)cc2)NC(=O)[C@H](CC(C)C)NC(=O)[C@@H](Cc2ccccc2)NC(=O)[C@H](CCN=Cc2ccc(N(C)C)cc2)NC1=O)[C@@H](C)O. The minimum atomic E-state index is -1.79. The second-order valence-electron chi connectivity index (χ2n) is 35.7. The zero-order valence-electron chi connectivity index (χ0n) is 81.2. The van der Waals surface area contributed by atoms with Gasteiger partial charge in [0.05, 0.1) is 12.2 Å². The Morgan fingerprint density at radius 1 is 0.407 bits per heavy atom. The highest BCUT2D eigenvalue weighted by Gasteiger charge is 2.39. The standard InChI is InChI=1S/C101H143N21O13/c1-17-67(4)23-21-22-26-89(125)108-81(47-53-102-61-71-27-37-76(38-28-71)118(7)8)96(130)117-91(69(6)124)101(135)113-84(50-56-105-64-74-33-43-79(44-34-74)121(13)14)93(127)111-86-52-58-107-100(134)90(68(5)123)116-97(131)85(51-57-106-65-75-35-45-80(46-36-75)122(15)16)110-92(126)82(48-54-103-62-72-29-39-77(40-30-72)119(9)10)112-98(132)87(59-66(2)3)114-99(133)88(60-70-24-19-18-20-25-70)115-95(129)83(109-94(86)128)49-55-104-63-73-31-41-78(42-32-73)120(11)12/h18-20,24-25,27-46,61-69,81-88,90-91,123-124H,17,21-23,26,47-60H2,1-16H3,(H,107,134)(H,108,125)(H,109,128)(H,110,126)(H,111,127)(H,112,132)(H,113,135)(H,114,133)(H,115,129)(H,116,131)(H,117,130)/t67?,68-,69-,81+,82+,83+,84+,85+,86+,87+,88-,90-,91-/m1/s1. The van der Waals surface area contributed by atoms with Gasteiger partial charge >= 0.3 is 0 Å². The molecule has 0 radical (unpaired) electrons. The van der Waals surface area contributed by atoms with Crippen molar-refractivity contribution in [1.82, 2.24) is 58.5 Å². The third-order valence-corrected chi connectivity index (χ3v) is 23.0. The zero-order valence-corrected chi connectivity index (χ0v) is 81.2. The van der Waals surface area contributed by atoms with Crippen LogP contribution in [-0.2, 0) is 59.2 Å². The average Bonchev–Trinajstić information content (AvgIpc) is 0.938. The molecule has 1 aliphatic heterocycles. The highest BCUT2D eigenvalue weighted by Crippen LogP contribution is 2.20. The van der Waals surface area contributed by atoms with E-state index in [0.29, 0.717) is 29.0 Å². The Balaban J connectivity index is 1.32. The first-order valence-corrected chi connectivity index (χ1v) is 46.5. The lowest BCUT2D eigenvalue weighted by molar-refractivity contribution is -0.137. The molecule has 1 saturated heterocycles. The zero-order chi connectivity index (χ0) is 98.6. The maximum Gasteiger partial charge on any atom is 0.245 e. The monoisotopic (exact) mass is 1860 g/mol. The van der Waals surface area contributed by atoms with E-state index in [0.717, 1.165) is 64.4 Å². The molecular formula is C101H143N21O13. The number of hydrogen-bond acceptors (Lipinski definition) is 23. The Hall–Kier alpha value is -13.2. The van der Waals surface area contributed by atoms with E-state index < -0.39 is 151 Å². The summed E-state index contributed by atoms with van der Waals surface area (Å²) in [7, 11) is 19.0. The molecular weight excluding hydrogens is 1720 g/mol. The summed E-state index contributed by atoms with van der Waals surface area (Å²) >= 11 is 0. The molecule has 13 N–H and O–H groups in total. The van der Waals surface area contributed by atoms with Crippen molar-refractivity contribution in [1.29, 1.82) is 0 Å². The summed E-state index contributed by atoms with van der Waals surface area (Å²) in [6, 6.07) is 30.5. The lowest BCUT2D eigenvalue weighted by Gasteiger charge is -2.29. The van der Waals surface area contributed by atoms with Gasteiger partial charge in [0.25, 0.3) is 0 Å². The molecule has 1 fully saturated rings. The van der Waals surface area contributed by atoms with Crippen LogP contribution in [0.3, 0.4) is 0 Å². The van der Waals surface area contributed by atoms with Crippen molar-refractivity contribution in [2.75, 3.05) is 134 Å². The molecule has 6 aromatic rings. The van der Waals surface area contributed by atoms with Gasteiger partial charge in [0.2, 0.25) is 65.0 Å². The number of rotatable bonds is 44. The van der Waals surface area contributed by atoms with Gasteiger partial charge in [0.15, 0.2) is 0 Å². The summed E-state index contributed by atoms with van der Waals surface area (Å²) in [4.78, 5) is 199. The van der Waals surface area contributed by atoms with Crippen molar-refractivity contribution in [3.63, 3.8) is 0 Å². The van der Waals surface area contributed by atoms with Crippen molar-refractivity contribution in [3.05, 3.63) is 185 Å². The van der Waals surface area contributed by atoms with Crippen LogP contribution in [0.15, 0.2) is 177 Å². The summed E-state index contributed by atoms with van der Waals surface area (Å²) < 4.78 is 0. The second kappa shape index (κ2) is 56.7. The van der Waals surface area contributed by atoms with Crippen molar-refractivity contribution < 1.29 is 63.0 Å². The molecule has 11 amide bonds. The quantitative estimate of drug-likeness (QED) is 0.0157. The Bertz CT molecular complexity index is 4910. The van der Waals surface area contributed by atoms with Crippen molar-refractivity contribution >= 4 is 124 Å². The normalized spacial score (nSPS) is 18.9. The van der Waals surface area contributed by atoms with Crippen LogP contribution in [0.4, 0.5) is 28.4 Å². The molecule has 34 nitrogen and oxygen atoms in total. The highest BCUT2D eigenvalue weighted by molar-refractivity contribution is 6.00. The molecule has 135 heavy (non-hydrogen) atoms. The van der Waals surface area contributed by atoms with E-state index in [1.807, 2.05) is 230 Å². The van der Waals surface area contributed by atoms with Gasteiger partial charge in [-0.2, -0.15) is 0 Å². The Morgan fingerprint density at radius 3 is 1.16 bits per heavy atom. The highest BCUT2D eigenvalue weighted by atomic mass is 16.3. The van der Waals surface area contributed by atoms with E-state index in [4.69, 9.17) is 0 Å². The topological polar surface area (TPSA) is 439 Å². The molecule has 13 atom stereocenters. The number of benzene rings is 6. The van der Waals surface area contributed by atoms with Crippen LogP contribution >= 0.6 is 0 Å². The molecule has 0 aliphatic carbocycles. The first-order valence-electron chi connectivity index (χ1n) is 46.5. The number of hydrogen-bond donors (Lipinski definition) is 13. The lowest BCUT2D eigenvalue weighted by Crippen LogP contribution is -2.62. The molecule has 34 heteroatoms. The molecule has 6 aromatic carbocycles. The van der Waals surface area contributed by atoms with E-state index in [-0.39, 0.29) is 90.0 Å². The molecule has 7 rings (SSSR count).